The average molecular weight is 398 g/mol. The van der Waals surface area contributed by atoms with Crippen LogP contribution in [0.25, 0.3) is 0 Å². The second kappa shape index (κ2) is 9.53. The first-order valence-electron chi connectivity index (χ1n) is 7.48. The summed E-state index contributed by atoms with van der Waals surface area (Å²) in [5, 5.41) is 12.7. The second-order valence-corrected chi connectivity index (χ2v) is 6.47. The van der Waals surface area contributed by atoms with Gasteiger partial charge in [-0.3, -0.25) is 4.79 Å². The Morgan fingerprint density at radius 3 is 2.64 bits per heavy atom. The summed E-state index contributed by atoms with van der Waals surface area (Å²) >= 11 is 18.0. The molecule has 2 aromatic rings. The molecule has 0 aromatic heterocycles. The summed E-state index contributed by atoms with van der Waals surface area (Å²) in [5.41, 5.74) is 1.75. The highest BCUT2D eigenvalue weighted by Crippen LogP contribution is 2.26. The molecule has 0 aliphatic heterocycles. The van der Waals surface area contributed by atoms with Crippen molar-refractivity contribution in [1.29, 1.82) is 5.26 Å². The van der Waals surface area contributed by atoms with Crippen molar-refractivity contribution in [3.63, 3.8) is 0 Å². The summed E-state index contributed by atoms with van der Waals surface area (Å²) < 4.78 is 5.85. The van der Waals surface area contributed by atoms with Gasteiger partial charge in [-0.2, -0.15) is 5.26 Å². The van der Waals surface area contributed by atoms with Crippen molar-refractivity contribution in [2.45, 2.75) is 19.4 Å². The van der Waals surface area contributed by atoms with Crippen LogP contribution in [0.2, 0.25) is 15.1 Å². The molecule has 1 amide bonds. The van der Waals surface area contributed by atoms with Crippen LogP contribution >= 0.6 is 34.8 Å². The van der Waals surface area contributed by atoms with E-state index in [0.717, 1.165) is 11.1 Å². The molecule has 0 fully saturated rings. The summed E-state index contributed by atoms with van der Waals surface area (Å²) in [6, 6.07) is 12.4. The van der Waals surface area contributed by atoms with Gasteiger partial charge in [0.1, 0.15) is 18.8 Å². The maximum Gasteiger partial charge on any atom is 0.234 e. The van der Waals surface area contributed by atoms with Crippen molar-refractivity contribution >= 4 is 40.7 Å². The van der Waals surface area contributed by atoms with E-state index in [4.69, 9.17) is 44.8 Å². The number of nitrogens with one attached hydrogen (secondary N) is 1. The van der Waals surface area contributed by atoms with Crippen LogP contribution in [0.15, 0.2) is 36.4 Å². The largest absolute Gasteiger partial charge is 0.489 e. The predicted molar refractivity (Wildman–Crippen MR) is 99.2 cm³/mol. The van der Waals surface area contributed by atoms with Gasteiger partial charge in [-0.15, -0.1) is 0 Å². The molecule has 1 N–H and O–H groups in total. The van der Waals surface area contributed by atoms with Gasteiger partial charge in [0.15, 0.2) is 0 Å². The molecular weight excluding hydrogens is 383 g/mol. The summed E-state index contributed by atoms with van der Waals surface area (Å²) in [4.78, 5) is 11.3. The molecule has 2 aromatic carbocycles. The lowest BCUT2D eigenvalue weighted by Gasteiger charge is -2.13. The number of amides is 1. The lowest BCUT2D eigenvalue weighted by atomic mass is 10.1. The minimum absolute atomic E-state index is 0.157. The molecule has 0 unspecified atom stereocenters. The number of ether oxygens (including phenoxy) is 1. The Morgan fingerprint density at radius 1 is 1.12 bits per heavy atom. The van der Waals surface area contributed by atoms with E-state index < -0.39 is 0 Å². The second-order valence-electron chi connectivity index (χ2n) is 5.22. The van der Waals surface area contributed by atoms with Crippen LogP contribution in [0, 0.1) is 11.3 Å². The van der Waals surface area contributed by atoms with Crippen LogP contribution in [0.4, 0.5) is 0 Å². The van der Waals surface area contributed by atoms with Crippen LogP contribution in [0.3, 0.4) is 0 Å². The number of benzene rings is 2. The van der Waals surface area contributed by atoms with Crippen LogP contribution in [0.1, 0.15) is 17.5 Å². The van der Waals surface area contributed by atoms with E-state index in [-0.39, 0.29) is 12.3 Å². The lowest BCUT2D eigenvalue weighted by molar-refractivity contribution is -0.120. The maximum absolute atomic E-state index is 11.3. The molecule has 0 atom stereocenters. The first-order chi connectivity index (χ1) is 12.0. The molecule has 0 heterocycles. The molecule has 130 valence electrons. The SMILES string of the molecule is N#CCC(=O)NCCc1cc(Cl)ccc1OCc1ccc(Cl)c(Cl)c1. The third-order valence-corrected chi connectivity index (χ3v) is 4.33. The number of halogens is 3. The molecule has 0 saturated heterocycles. The van der Waals surface area contributed by atoms with Crippen molar-refractivity contribution in [3.05, 3.63) is 62.6 Å². The number of rotatable bonds is 7. The number of hydrogen-bond donors (Lipinski definition) is 1. The highest BCUT2D eigenvalue weighted by atomic mass is 35.5. The van der Waals surface area contributed by atoms with Gasteiger partial charge < -0.3 is 10.1 Å². The third-order valence-electron chi connectivity index (χ3n) is 3.36. The summed E-state index contributed by atoms with van der Waals surface area (Å²) in [6.45, 7) is 0.719. The van der Waals surface area contributed by atoms with E-state index in [0.29, 0.717) is 40.4 Å². The molecule has 0 bridgehead atoms. The number of carbonyl (C=O) groups is 1. The Labute approximate surface area is 161 Å². The Hall–Kier alpha value is -1.93. The van der Waals surface area contributed by atoms with E-state index in [1.807, 2.05) is 6.07 Å². The van der Waals surface area contributed by atoms with Crippen molar-refractivity contribution < 1.29 is 9.53 Å². The molecule has 0 saturated carbocycles. The van der Waals surface area contributed by atoms with E-state index in [1.165, 1.54) is 0 Å². The maximum atomic E-state index is 11.3. The van der Waals surface area contributed by atoms with Gasteiger partial charge in [0.25, 0.3) is 0 Å². The van der Waals surface area contributed by atoms with Gasteiger partial charge >= 0.3 is 0 Å². The fraction of sp³-hybridized carbons (Fsp3) is 0.222. The summed E-state index contributed by atoms with van der Waals surface area (Å²) in [5.74, 6) is 0.368. The first kappa shape index (κ1) is 19.4. The van der Waals surface area contributed by atoms with Crippen LogP contribution in [0.5, 0.6) is 5.75 Å². The zero-order valence-electron chi connectivity index (χ0n) is 13.2. The molecule has 0 spiro atoms. The average Bonchev–Trinajstić information content (AvgIpc) is 2.57. The fourth-order valence-electron chi connectivity index (χ4n) is 2.15. The highest BCUT2D eigenvalue weighted by molar-refractivity contribution is 6.42. The first-order valence-corrected chi connectivity index (χ1v) is 8.62. The van der Waals surface area contributed by atoms with Gasteiger partial charge in [-0.25, -0.2) is 0 Å². The van der Waals surface area contributed by atoms with Crippen molar-refractivity contribution in [2.24, 2.45) is 0 Å². The molecular formula is C18H15Cl3N2O2. The van der Waals surface area contributed by atoms with Gasteiger partial charge in [-0.05, 0) is 47.9 Å². The fourth-order valence-corrected chi connectivity index (χ4v) is 2.66. The smallest absolute Gasteiger partial charge is 0.234 e. The van der Waals surface area contributed by atoms with Crippen molar-refractivity contribution in [1.82, 2.24) is 5.32 Å². The Morgan fingerprint density at radius 2 is 1.92 bits per heavy atom. The number of nitriles is 1. The normalized spacial score (nSPS) is 10.2. The predicted octanol–water partition coefficient (Wildman–Crippen LogP) is 4.80. The van der Waals surface area contributed by atoms with Crippen LogP contribution in [-0.4, -0.2) is 12.5 Å². The molecule has 4 nitrogen and oxygen atoms in total. The minimum Gasteiger partial charge on any atom is -0.489 e. The van der Waals surface area contributed by atoms with E-state index in [1.54, 1.807) is 36.4 Å². The van der Waals surface area contributed by atoms with Crippen LogP contribution in [-0.2, 0) is 17.8 Å². The van der Waals surface area contributed by atoms with Crippen molar-refractivity contribution in [2.75, 3.05) is 6.54 Å². The zero-order valence-corrected chi connectivity index (χ0v) is 15.5. The van der Waals surface area contributed by atoms with Gasteiger partial charge in [0.05, 0.1) is 16.1 Å². The zero-order chi connectivity index (χ0) is 18.2. The number of nitrogens with zero attached hydrogens (tertiary/aromatic N) is 1. The Balaban J connectivity index is 2.01. The number of hydrogen-bond acceptors (Lipinski definition) is 3. The Bertz CT molecular complexity index is 803. The van der Waals surface area contributed by atoms with E-state index in [2.05, 4.69) is 5.32 Å². The van der Waals surface area contributed by atoms with Gasteiger partial charge in [0, 0.05) is 11.6 Å². The molecule has 2 rings (SSSR count). The Kier molecular flexibility index (Phi) is 7.39. The standard InChI is InChI=1S/C18H15Cl3N2O2/c19-14-2-4-17(13(10-14)6-8-23-18(24)5-7-22)25-11-12-1-3-15(20)16(21)9-12/h1-4,9-10H,5-6,8,11H2,(H,23,24). The summed E-state index contributed by atoms with van der Waals surface area (Å²) in [6.07, 6.45) is 0.380. The monoisotopic (exact) mass is 396 g/mol. The topological polar surface area (TPSA) is 62.1 Å². The molecule has 7 heteroatoms. The highest BCUT2D eigenvalue weighted by Gasteiger charge is 2.08. The molecule has 25 heavy (non-hydrogen) atoms. The summed E-state index contributed by atoms with van der Waals surface area (Å²) in [7, 11) is 0. The van der Waals surface area contributed by atoms with Gasteiger partial charge in [-0.1, -0.05) is 40.9 Å². The van der Waals surface area contributed by atoms with E-state index in [9.17, 15) is 4.79 Å². The molecule has 0 aliphatic carbocycles. The quantitative estimate of drug-likeness (QED) is 0.730. The van der Waals surface area contributed by atoms with Crippen LogP contribution < -0.4 is 10.1 Å². The van der Waals surface area contributed by atoms with Gasteiger partial charge in [0.2, 0.25) is 5.91 Å². The minimum atomic E-state index is -0.303. The van der Waals surface area contributed by atoms with Crippen molar-refractivity contribution in [3.8, 4) is 11.8 Å². The third kappa shape index (κ3) is 6.13. The number of carbonyl (C=O) groups excluding carboxylic acids is 1. The lowest BCUT2D eigenvalue weighted by Crippen LogP contribution is -2.25. The molecule has 0 radical (unpaired) electrons. The molecule has 0 aliphatic rings. The van der Waals surface area contributed by atoms with E-state index >= 15 is 0 Å².